The minimum absolute atomic E-state index is 0.0259. The summed E-state index contributed by atoms with van der Waals surface area (Å²) in [4.78, 5) is 11.1. The molecule has 0 fully saturated rings. The molecule has 0 spiro atoms. The van der Waals surface area contributed by atoms with Crippen molar-refractivity contribution in [2.45, 2.75) is 4.90 Å². The molecular weight excluding hydrogens is 345 g/mol. The van der Waals surface area contributed by atoms with Gasteiger partial charge in [0, 0.05) is 22.2 Å². The van der Waals surface area contributed by atoms with Crippen LogP contribution in [0.15, 0.2) is 53.6 Å². The molecule has 0 aliphatic heterocycles. The standard InChI is InChI=1S/C15H9Cl2NO3S/c16-11-5-6-15(13(17)7-11)22(20,21)18-8-10(9-19)12-3-1-2-4-14(12)18/h1-9H. The highest BCUT2D eigenvalue weighted by Gasteiger charge is 2.23. The zero-order chi connectivity index (χ0) is 15.9. The van der Waals surface area contributed by atoms with Crippen molar-refractivity contribution in [1.82, 2.24) is 3.97 Å². The molecule has 0 amide bonds. The quantitative estimate of drug-likeness (QED) is 0.668. The van der Waals surface area contributed by atoms with Crippen LogP contribution in [0.4, 0.5) is 0 Å². The molecule has 3 aromatic rings. The first-order valence-electron chi connectivity index (χ1n) is 6.21. The lowest BCUT2D eigenvalue weighted by atomic mass is 10.2. The highest BCUT2D eigenvalue weighted by atomic mass is 35.5. The maximum Gasteiger partial charge on any atom is 0.269 e. The number of hydrogen-bond donors (Lipinski definition) is 0. The number of para-hydroxylation sites is 1. The van der Waals surface area contributed by atoms with Crippen LogP contribution in [0, 0.1) is 0 Å². The number of aromatic nitrogens is 1. The molecular formula is C15H9Cl2NO3S. The monoisotopic (exact) mass is 353 g/mol. The van der Waals surface area contributed by atoms with Gasteiger partial charge in [-0.1, -0.05) is 41.4 Å². The Kier molecular flexibility index (Phi) is 3.72. The van der Waals surface area contributed by atoms with Gasteiger partial charge in [-0.3, -0.25) is 4.79 Å². The normalized spacial score (nSPS) is 11.7. The smallest absolute Gasteiger partial charge is 0.269 e. The molecule has 0 aliphatic carbocycles. The number of rotatable bonds is 3. The lowest BCUT2D eigenvalue weighted by Crippen LogP contribution is -2.12. The van der Waals surface area contributed by atoms with Crippen LogP contribution < -0.4 is 0 Å². The number of carbonyl (C=O) groups excluding carboxylic acids is 1. The Labute approximate surface area is 136 Å². The van der Waals surface area contributed by atoms with Crippen molar-refractivity contribution >= 4 is 50.4 Å². The van der Waals surface area contributed by atoms with Crippen molar-refractivity contribution in [2.24, 2.45) is 0 Å². The van der Waals surface area contributed by atoms with E-state index in [-0.39, 0.29) is 9.92 Å². The van der Waals surface area contributed by atoms with Crippen molar-refractivity contribution in [3.8, 4) is 0 Å². The molecule has 0 saturated carbocycles. The van der Waals surface area contributed by atoms with E-state index in [4.69, 9.17) is 23.2 Å². The van der Waals surface area contributed by atoms with E-state index >= 15 is 0 Å². The number of carbonyl (C=O) groups is 1. The fraction of sp³-hybridized carbons (Fsp3) is 0. The summed E-state index contributed by atoms with van der Waals surface area (Å²) in [5.74, 6) is 0. The minimum atomic E-state index is -3.94. The summed E-state index contributed by atoms with van der Waals surface area (Å²) in [6.45, 7) is 0. The van der Waals surface area contributed by atoms with E-state index in [1.165, 1.54) is 24.4 Å². The fourth-order valence-electron chi connectivity index (χ4n) is 2.26. The van der Waals surface area contributed by atoms with Gasteiger partial charge in [0.05, 0.1) is 10.5 Å². The lowest BCUT2D eigenvalue weighted by molar-refractivity contribution is 0.112. The molecule has 0 N–H and O–H groups in total. The second-order valence-electron chi connectivity index (χ2n) is 4.60. The summed E-state index contributed by atoms with van der Waals surface area (Å²) >= 11 is 11.8. The van der Waals surface area contributed by atoms with Gasteiger partial charge in [-0.15, -0.1) is 0 Å². The van der Waals surface area contributed by atoms with Gasteiger partial charge in [-0.2, -0.15) is 0 Å². The van der Waals surface area contributed by atoms with Gasteiger partial charge in [0.1, 0.15) is 4.90 Å². The van der Waals surface area contributed by atoms with Crippen molar-refractivity contribution < 1.29 is 13.2 Å². The van der Waals surface area contributed by atoms with Gasteiger partial charge in [-0.05, 0) is 24.3 Å². The van der Waals surface area contributed by atoms with Crippen LogP contribution in [-0.4, -0.2) is 18.7 Å². The molecule has 0 atom stereocenters. The summed E-state index contributed by atoms with van der Waals surface area (Å²) in [5, 5.41) is 0.930. The number of hydrogen-bond acceptors (Lipinski definition) is 3. The number of benzene rings is 2. The molecule has 4 nitrogen and oxygen atoms in total. The Hall–Kier alpha value is -1.82. The molecule has 1 heterocycles. The average Bonchev–Trinajstić information content (AvgIpc) is 2.86. The summed E-state index contributed by atoms with van der Waals surface area (Å²) in [6.07, 6.45) is 1.91. The molecule has 2 aromatic carbocycles. The summed E-state index contributed by atoms with van der Waals surface area (Å²) in [7, 11) is -3.94. The zero-order valence-corrected chi connectivity index (χ0v) is 13.4. The first kappa shape index (κ1) is 15.1. The van der Waals surface area contributed by atoms with Crippen molar-refractivity contribution in [1.29, 1.82) is 0 Å². The molecule has 0 radical (unpaired) electrons. The maximum absolute atomic E-state index is 12.8. The summed E-state index contributed by atoms with van der Waals surface area (Å²) in [6, 6.07) is 10.9. The van der Waals surface area contributed by atoms with E-state index < -0.39 is 10.0 Å². The second kappa shape index (κ2) is 5.43. The predicted octanol–water partition coefficient (Wildman–Crippen LogP) is 4.00. The van der Waals surface area contributed by atoms with Gasteiger partial charge < -0.3 is 0 Å². The summed E-state index contributed by atoms with van der Waals surface area (Å²) < 4.78 is 26.7. The van der Waals surface area contributed by atoms with Crippen LogP contribution in [0.3, 0.4) is 0 Å². The molecule has 22 heavy (non-hydrogen) atoms. The largest absolute Gasteiger partial charge is 0.298 e. The van der Waals surface area contributed by atoms with Crippen LogP contribution in [0.1, 0.15) is 10.4 Å². The molecule has 0 bridgehead atoms. The van der Waals surface area contributed by atoms with E-state index in [1.54, 1.807) is 24.3 Å². The molecule has 112 valence electrons. The van der Waals surface area contributed by atoms with Gasteiger partial charge in [0.2, 0.25) is 0 Å². The minimum Gasteiger partial charge on any atom is -0.298 e. The molecule has 7 heteroatoms. The topological polar surface area (TPSA) is 56.1 Å². The van der Waals surface area contributed by atoms with Crippen molar-refractivity contribution in [2.75, 3.05) is 0 Å². The van der Waals surface area contributed by atoms with Crippen LogP contribution in [0.5, 0.6) is 0 Å². The van der Waals surface area contributed by atoms with Crippen LogP contribution in [0.25, 0.3) is 10.9 Å². The molecule has 0 unspecified atom stereocenters. The highest BCUT2D eigenvalue weighted by Crippen LogP contribution is 2.30. The van der Waals surface area contributed by atoms with Gasteiger partial charge in [0.15, 0.2) is 6.29 Å². The predicted molar refractivity (Wildman–Crippen MR) is 86.4 cm³/mol. The zero-order valence-electron chi connectivity index (χ0n) is 11.0. The third kappa shape index (κ3) is 2.31. The Morgan fingerprint density at radius 1 is 1.05 bits per heavy atom. The number of fused-ring (bicyclic) bond motifs is 1. The average molecular weight is 354 g/mol. The molecule has 1 aromatic heterocycles. The number of nitrogens with zero attached hydrogens (tertiary/aromatic N) is 1. The summed E-state index contributed by atoms with van der Waals surface area (Å²) in [5.41, 5.74) is 0.708. The molecule has 3 rings (SSSR count). The van der Waals surface area contributed by atoms with E-state index in [2.05, 4.69) is 0 Å². The number of aldehydes is 1. The third-order valence-electron chi connectivity index (χ3n) is 3.27. The Morgan fingerprint density at radius 3 is 2.45 bits per heavy atom. The molecule has 0 aliphatic rings. The van der Waals surface area contributed by atoms with E-state index in [0.717, 1.165) is 3.97 Å². The van der Waals surface area contributed by atoms with Gasteiger partial charge >= 0.3 is 0 Å². The van der Waals surface area contributed by atoms with Gasteiger partial charge in [-0.25, -0.2) is 12.4 Å². The lowest BCUT2D eigenvalue weighted by Gasteiger charge is -2.09. The Balaban J connectivity index is 2.32. The van der Waals surface area contributed by atoms with Crippen LogP contribution in [0.2, 0.25) is 10.0 Å². The third-order valence-corrected chi connectivity index (χ3v) is 5.66. The molecule has 0 saturated heterocycles. The Bertz CT molecular complexity index is 993. The highest BCUT2D eigenvalue weighted by molar-refractivity contribution is 7.90. The van der Waals surface area contributed by atoms with E-state index in [0.29, 0.717) is 27.8 Å². The first-order chi connectivity index (χ1) is 10.4. The second-order valence-corrected chi connectivity index (χ2v) is 7.22. The Morgan fingerprint density at radius 2 is 1.77 bits per heavy atom. The van der Waals surface area contributed by atoms with E-state index in [9.17, 15) is 13.2 Å². The van der Waals surface area contributed by atoms with Crippen LogP contribution >= 0.6 is 23.2 Å². The fourth-order valence-corrected chi connectivity index (χ4v) is 4.39. The van der Waals surface area contributed by atoms with Gasteiger partial charge in [0.25, 0.3) is 10.0 Å². The first-order valence-corrected chi connectivity index (χ1v) is 8.40. The number of halogens is 2. The maximum atomic E-state index is 12.8. The van der Waals surface area contributed by atoms with Crippen LogP contribution in [-0.2, 0) is 10.0 Å². The van der Waals surface area contributed by atoms with E-state index in [1.807, 2.05) is 0 Å². The SMILES string of the molecule is O=Cc1cn(S(=O)(=O)c2ccc(Cl)cc2Cl)c2ccccc12. The van der Waals surface area contributed by atoms with Crippen molar-refractivity contribution in [3.63, 3.8) is 0 Å². The van der Waals surface area contributed by atoms with Crippen molar-refractivity contribution in [3.05, 3.63) is 64.3 Å².